The van der Waals surface area contributed by atoms with Crippen LogP contribution in [0.2, 0.25) is 0 Å². The van der Waals surface area contributed by atoms with E-state index < -0.39 is 0 Å². The van der Waals surface area contributed by atoms with Gasteiger partial charge in [-0.05, 0) is 42.2 Å². The molecule has 3 fully saturated rings. The highest BCUT2D eigenvalue weighted by Crippen LogP contribution is 2.62. The van der Waals surface area contributed by atoms with Gasteiger partial charge in [0.15, 0.2) is 0 Å². The minimum Gasteiger partial charge on any atom is -0.342 e. The summed E-state index contributed by atoms with van der Waals surface area (Å²) in [5.74, 6) is 1.93. The Kier molecular flexibility index (Phi) is 3.66. The fraction of sp³-hybridized carbons (Fsp3) is 0.600. The summed E-state index contributed by atoms with van der Waals surface area (Å²) < 4.78 is 0. The van der Waals surface area contributed by atoms with Crippen LogP contribution < -0.4 is 0 Å². The van der Waals surface area contributed by atoms with Crippen LogP contribution in [0.25, 0.3) is 0 Å². The average molecular weight is 326 g/mol. The molecule has 3 aliphatic rings. The molecular formula is C20H26N2O2. The summed E-state index contributed by atoms with van der Waals surface area (Å²) in [6.07, 6.45) is 1.60. The quantitative estimate of drug-likeness (QED) is 0.838. The Bertz CT molecular complexity index is 633. The highest BCUT2D eigenvalue weighted by molar-refractivity contribution is 5.94. The molecule has 4 heteroatoms. The summed E-state index contributed by atoms with van der Waals surface area (Å²) in [5.41, 5.74) is 1.19. The maximum absolute atomic E-state index is 12.7. The number of nitrogens with zero attached hydrogens (tertiary/aromatic N) is 2. The van der Waals surface area contributed by atoms with Crippen molar-refractivity contribution in [2.45, 2.75) is 26.7 Å². The predicted molar refractivity (Wildman–Crippen MR) is 92.4 cm³/mol. The van der Waals surface area contributed by atoms with E-state index in [1.165, 1.54) is 0 Å². The van der Waals surface area contributed by atoms with Crippen LogP contribution in [-0.2, 0) is 4.79 Å². The summed E-state index contributed by atoms with van der Waals surface area (Å²) in [6.45, 7) is 7.90. The highest BCUT2D eigenvalue weighted by Gasteiger charge is 2.62. The first-order chi connectivity index (χ1) is 11.5. The van der Waals surface area contributed by atoms with Crippen LogP contribution in [0, 0.1) is 23.2 Å². The molecule has 2 heterocycles. The number of hydrogen-bond acceptors (Lipinski definition) is 2. The second kappa shape index (κ2) is 5.61. The van der Waals surface area contributed by atoms with Crippen molar-refractivity contribution in [3.63, 3.8) is 0 Å². The van der Waals surface area contributed by atoms with E-state index in [4.69, 9.17) is 0 Å². The number of rotatable bonds is 2. The Morgan fingerprint density at radius 3 is 2.12 bits per heavy atom. The van der Waals surface area contributed by atoms with E-state index in [2.05, 4.69) is 18.7 Å². The molecule has 0 spiro atoms. The normalized spacial score (nSPS) is 28.6. The molecule has 4 nitrogen and oxygen atoms in total. The summed E-state index contributed by atoms with van der Waals surface area (Å²) in [6, 6.07) is 9.42. The molecule has 1 aromatic rings. The van der Waals surface area contributed by atoms with Gasteiger partial charge in [-0.1, -0.05) is 32.0 Å². The van der Waals surface area contributed by atoms with Gasteiger partial charge in [0.2, 0.25) is 5.91 Å². The third kappa shape index (κ3) is 2.52. The van der Waals surface area contributed by atoms with Gasteiger partial charge in [0.25, 0.3) is 5.91 Å². The zero-order valence-electron chi connectivity index (χ0n) is 14.6. The van der Waals surface area contributed by atoms with E-state index in [1.54, 1.807) is 0 Å². The van der Waals surface area contributed by atoms with Crippen LogP contribution in [0.1, 0.15) is 37.0 Å². The smallest absolute Gasteiger partial charge is 0.253 e. The zero-order chi connectivity index (χ0) is 16.9. The fourth-order valence-electron chi connectivity index (χ4n) is 4.66. The molecule has 24 heavy (non-hydrogen) atoms. The number of fused-ring (bicyclic) bond motifs is 1. The Balaban J connectivity index is 1.30. The van der Waals surface area contributed by atoms with E-state index in [1.807, 2.05) is 35.2 Å². The molecule has 0 N–H and O–H groups in total. The minimum absolute atomic E-state index is 0.0886. The van der Waals surface area contributed by atoms with Crippen LogP contribution >= 0.6 is 0 Å². The first-order valence-electron chi connectivity index (χ1n) is 9.11. The summed E-state index contributed by atoms with van der Waals surface area (Å²) >= 11 is 0. The lowest BCUT2D eigenvalue weighted by Gasteiger charge is -2.34. The van der Waals surface area contributed by atoms with Crippen molar-refractivity contribution in [1.29, 1.82) is 0 Å². The van der Waals surface area contributed by atoms with Gasteiger partial charge in [0, 0.05) is 37.7 Å². The number of likely N-dealkylation sites (tertiary alicyclic amines) is 2. The second-order valence-electron chi connectivity index (χ2n) is 8.21. The van der Waals surface area contributed by atoms with E-state index in [0.717, 1.165) is 31.5 Å². The van der Waals surface area contributed by atoms with E-state index in [0.29, 0.717) is 36.2 Å². The number of carbonyl (C=O) groups is 2. The van der Waals surface area contributed by atoms with E-state index in [-0.39, 0.29) is 11.8 Å². The number of benzene rings is 1. The van der Waals surface area contributed by atoms with Gasteiger partial charge in [-0.3, -0.25) is 9.59 Å². The zero-order valence-corrected chi connectivity index (χ0v) is 14.6. The van der Waals surface area contributed by atoms with Crippen LogP contribution in [-0.4, -0.2) is 47.8 Å². The number of amides is 2. The maximum Gasteiger partial charge on any atom is 0.253 e. The molecule has 0 radical (unpaired) electrons. The largest absolute Gasteiger partial charge is 0.342 e. The molecule has 1 aromatic carbocycles. The Hall–Kier alpha value is -1.84. The molecule has 0 bridgehead atoms. The van der Waals surface area contributed by atoms with E-state index >= 15 is 0 Å². The van der Waals surface area contributed by atoms with Crippen molar-refractivity contribution in [3.05, 3.63) is 35.9 Å². The SMILES string of the molecule is CC1(C)C2CN(C(=O)C3CCN(C(=O)c4ccccc4)CC3)CC21. The lowest BCUT2D eigenvalue weighted by atomic mass is 9.94. The minimum atomic E-state index is 0.0886. The summed E-state index contributed by atoms with van der Waals surface area (Å²) in [4.78, 5) is 29.2. The third-order valence-corrected chi connectivity index (χ3v) is 6.59. The lowest BCUT2D eigenvalue weighted by molar-refractivity contribution is -0.136. The highest BCUT2D eigenvalue weighted by atomic mass is 16.2. The molecule has 128 valence electrons. The van der Waals surface area contributed by atoms with Crippen LogP contribution in [0.3, 0.4) is 0 Å². The Labute approximate surface area is 143 Å². The molecule has 4 rings (SSSR count). The number of hydrogen-bond donors (Lipinski definition) is 0. The van der Waals surface area contributed by atoms with Crippen molar-refractivity contribution in [2.75, 3.05) is 26.2 Å². The van der Waals surface area contributed by atoms with Crippen molar-refractivity contribution >= 4 is 11.8 Å². The Morgan fingerprint density at radius 1 is 0.958 bits per heavy atom. The summed E-state index contributed by atoms with van der Waals surface area (Å²) in [7, 11) is 0. The van der Waals surface area contributed by atoms with Gasteiger partial charge in [-0.15, -0.1) is 0 Å². The van der Waals surface area contributed by atoms with Crippen molar-refractivity contribution in [1.82, 2.24) is 9.80 Å². The van der Waals surface area contributed by atoms with Gasteiger partial charge < -0.3 is 9.80 Å². The monoisotopic (exact) mass is 326 g/mol. The second-order valence-corrected chi connectivity index (χ2v) is 8.21. The molecular weight excluding hydrogens is 300 g/mol. The third-order valence-electron chi connectivity index (χ3n) is 6.59. The molecule has 0 aromatic heterocycles. The van der Waals surface area contributed by atoms with Gasteiger partial charge in [-0.25, -0.2) is 0 Å². The average Bonchev–Trinajstić information content (AvgIpc) is 2.96. The lowest BCUT2D eigenvalue weighted by Crippen LogP contribution is -2.44. The van der Waals surface area contributed by atoms with Crippen LogP contribution in [0.4, 0.5) is 0 Å². The van der Waals surface area contributed by atoms with Gasteiger partial charge >= 0.3 is 0 Å². The molecule has 1 saturated carbocycles. The van der Waals surface area contributed by atoms with Crippen molar-refractivity contribution in [2.24, 2.45) is 23.2 Å². The number of piperidine rings is 2. The van der Waals surface area contributed by atoms with Gasteiger partial charge in [0.05, 0.1) is 0 Å². The van der Waals surface area contributed by atoms with Crippen LogP contribution in [0.15, 0.2) is 30.3 Å². The fourth-order valence-corrected chi connectivity index (χ4v) is 4.66. The number of carbonyl (C=O) groups excluding carboxylic acids is 2. The molecule has 2 unspecified atom stereocenters. The molecule has 1 aliphatic carbocycles. The topological polar surface area (TPSA) is 40.6 Å². The maximum atomic E-state index is 12.7. The van der Waals surface area contributed by atoms with Gasteiger partial charge in [0.1, 0.15) is 0 Å². The standard InChI is InChI=1S/C20H26N2O2/c1-20(2)16-12-22(13-17(16)20)19(24)15-8-10-21(11-9-15)18(23)14-6-4-3-5-7-14/h3-7,15-17H,8-13H2,1-2H3. The molecule has 2 amide bonds. The van der Waals surface area contributed by atoms with Crippen molar-refractivity contribution in [3.8, 4) is 0 Å². The molecule has 2 saturated heterocycles. The van der Waals surface area contributed by atoms with Gasteiger partial charge in [-0.2, -0.15) is 0 Å². The summed E-state index contributed by atoms with van der Waals surface area (Å²) in [5, 5.41) is 0. The molecule has 2 atom stereocenters. The first kappa shape index (κ1) is 15.7. The Morgan fingerprint density at radius 2 is 1.54 bits per heavy atom. The molecule has 2 aliphatic heterocycles. The van der Waals surface area contributed by atoms with Crippen molar-refractivity contribution < 1.29 is 9.59 Å². The van der Waals surface area contributed by atoms with Crippen LogP contribution in [0.5, 0.6) is 0 Å². The van der Waals surface area contributed by atoms with E-state index in [9.17, 15) is 9.59 Å². The first-order valence-corrected chi connectivity index (χ1v) is 9.11. The predicted octanol–water partition coefficient (Wildman–Crippen LogP) is 2.65.